The third-order valence-corrected chi connectivity index (χ3v) is 4.23. The molecule has 0 bridgehead atoms. The van der Waals surface area contributed by atoms with E-state index in [0.29, 0.717) is 0 Å². The number of aryl methyl sites for hydroxylation is 2. The van der Waals surface area contributed by atoms with E-state index in [-0.39, 0.29) is 5.38 Å². The molecule has 5 heteroatoms. The van der Waals surface area contributed by atoms with Gasteiger partial charge in [0.2, 0.25) is 0 Å². The molecule has 4 nitrogen and oxygen atoms in total. The minimum absolute atomic E-state index is 0.131. The van der Waals surface area contributed by atoms with Crippen LogP contribution in [-0.2, 0) is 13.6 Å². The predicted octanol–water partition coefficient (Wildman–Crippen LogP) is 3.73. The summed E-state index contributed by atoms with van der Waals surface area (Å²) in [5.41, 5.74) is 5.68. The highest BCUT2D eigenvalue weighted by Crippen LogP contribution is 2.27. The molecule has 1 unspecified atom stereocenters. The zero-order chi connectivity index (χ0) is 15.1. The van der Waals surface area contributed by atoms with Crippen LogP contribution in [0.25, 0.3) is 11.0 Å². The van der Waals surface area contributed by atoms with Crippen LogP contribution >= 0.6 is 11.6 Å². The molecular formula is C16H19ClN4. The van der Waals surface area contributed by atoms with Crippen molar-refractivity contribution < 1.29 is 0 Å². The van der Waals surface area contributed by atoms with Crippen LogP contribution in [0.3, 0.4) is 0 Å². The number of benzene rings is 1. The fraction of sp³-hybridized carbons (Fsp3) is 0.375. The molecule has 0 spiro atoms. The van der Waals surface area contributed by atoms with E-state index in [1.54, 1.807) is 0 Å². The Hall–Kier alpha value is -1.81. The second kappa shape index (κ2) is 5.19. The summed E-state index contributed by atoms with van der Waals surface area (Å²) in [6, 6.07) is 6.25. The summed E-state index contributed by atoms with van der Waals surface area (Å²) in [4.78, 5) is 4.75. The third kappa shape index (κ3) is 2.33. The van der Waals surface area contributed by atoms with E-state index in [2.05, 4.69) is 41.7 Å². The molecule has 21 heavy (non-hydrogen) atoms. The lowest BCUT2D eigenvalue weighted by molar-refractivity contribution is 0.720. The van der Waals surface area contributed by atoms with Gasteiger partial charge in [0.1, 0.15) is 5.82 Å². The molecule has 1 atom stereocenters. The second-order valence-electron chi connectivity index (χ2n) is 5.49. The van der Waals surface area contributed by atoms with Crippen LogP contribution < -0.4 is 0 Å². The van der Waals surface area contributed by atoms with E-state index >= 15 is 0 Å². The standard InChI is InChI=1S/C16H19ClN4/c1-10-6-5-7-14-15(10)19-16(11(2)17)21(14)9-13-8-18-20(4)12(13)3/h5-8,11H,9H2,1-4H3. The Morgan fingerprint density at radius 3 is 2.67 bits per heavy atom. The first-order valence-corrected chi connectivity index (χ1v) is 7.50. The molecule has 110 valence electrons. The summed E-state index contributed by atoms with van der Waals surface area (Å²) in [7, 11) is 1.96. The Labute approximate surface area is 129 Å². The SMILES string of the molecule is Cc1cccc2c1nc(C(C)Cl)n2Cc1cnn(C)c1C. The Kier molecular flexibility index (Phi) is 3.49. The Balaban J connectivity index is 2.18. The molecule has 3 rings (SSSR count). The summed E-state index contributed by atoms with van der Waals surface area (Å²) in [6.45, 7) is 6.87. The van der Waals surface area contributed by atoms with Crippen molar-refractivity contribution in [2.24, 2.45) is 7.05 Å². The molecule has 0 aliphatic rings. The van der Waals surface area contributed by atoms with Gasteiger partial charge in [-0.3, -0.25) is 4.68 Å². The average molecular weight is 303 g/mol. The van der Waals surface area contributed by atoms with Crippen molar-refractivity contribution in [1.82, 2.24) is 19.3 Å². The molecule has 2 aromatic heterocycles. The van der Waals surface area contributed by atoms with Gasteiger partial charge < -0.3 is 4.57 Å². The smallest absolute Gasteiger partial charge is 0.128 e. The highest BCUT2D eigenvalue weighted by molar-refractivity contribution is 6.20. The molecule has 0 saturated carbocycles. The van der Waals surface area contributed by atoms with Gasteiger partial charge in [-0.2, -0.15) is 5.10 Å². The van der Waals surface area contributed by atoms with E-state index in [1.807, 2.05) is 24.9 Å². The zero-order valence-electron chi connectivity index (χ0n) is 12.8. The van der Waals surface area contributed by atoms with Crippen LogP contribution in [0, 0.1) is 13.8 Å². The molecule has 0 fully saturated rings. The van der Waals surface area contributed by atoms with Gasteiger partial charge in [-0.25, -0.2) is 4.98 Å². The van der Waals surface area contributed by atoms with Gasteiger partial charge in [-0.05, 0) is 32.4 Å². The Bertz CT molecular complexity index is 798. The van der Waals surface area contributed by atoms with Crippen LogP contribution in [0.2, 0.25) is 0 Å². The normalized spacial score (nSPS) is 13.0. The topological polar surface area (TPSA) is 35.6 Å². The molecule has 0 radical (unpaired) electrons. The molecule has 3 aromatic rings. The Morgan fingerprint density at radius 2 is 2.05 bits per heavy atom. The summed E-state index contributed by atoms with van der Waals surface area (Å²) in [5.74, 6) is 0.907. The number of imidazole rings is 1. The fourth-order valence-corrected chi connectivity index (χ4v) is 2.81. The highest BCUT2D eigenvalue weighted by Gasteiger charge is 2.17. The third-order valence-electron chi connectivity index (χ3n) is 4.03. The molecule has 0 N–H and O–H groups in total. The van der Waals surface area contributed by atoms with Gasteiger partial charge >= 0.3 is 0 Å². The van der Waals surface area contributed by atoms with Gasteiger partial charge in [-0.15, -0.1) is 11.6 Å². The molecule has 0 amide bonds. The zero-order valence-corrected chi connectivity index (χ0v) is 13.5. The van der Waals surface area contributed by atoms with Crippen LogP contribution in [0.1, 0.15) is 34.9 Å². The van der Waals surface area contributed by atoms with Gasteiger partial charge in [0.15, 0.2) is 0 Å². The lowest BCUT2D eigenvalue weighted by Crippen LogP contribution is -2.06. The maximum atomic E-state index is 6.34. The summed E-state index contributed by atoms with van der Waals surface area (Å²) < 4.78 is 4.09. The quantitative estimate of drug-likeness (QED) is 0.691. The minimum Gasteiger partial charge on any atom is -0.322 e. The van der Waals surface area contributed by atoms with Gasteiger partial charge in [0, 0.05) is 18.3 Å². The molecular weight excluding hydrogens is 284 g/mol. The fourth-order valence-electron chi connectivity index (χ4n) is 2.64. The van der Waals surface area contributed by atoms with Crippen LogP contribution in [0.15, 0.2) is 24.4 Å². The number of alkyl halides is 1. The number of halogens is 1. The second-order valence-corrected chi connectivity index (χ2v) is 6.15. The molecule has 0 saturated heterocycles. The first kappa shape index (κ1) is 14.1. The van der Waals surface area contributed by atoms with E-state index in [1.165, 1.54) is 11.1 Å². The lowest BCUT2D eigenvalue weighted by atomic mass is 10.2. The maximum Gasteiger partial charge on any atom is 0.128 e. The number of fused-ring (bicyclic) bond motifs is 1. The first-order valence-electron chi connectivity index (χ1n) is 7.06. The predicted molar refractivity (Wildman–Crippen MR) is 85.8 cm³/mol. The summed E-state index contributed by atoms with van der Waals surface area (Å²) in [5, 5.41) is 4.19. The number of hydrogen-bond acceptors (Lipinski definition) is 2. The van der Waals surface area contributed by atoms with Gasteiger partial charge in [-0.1, -0.05) is 12.1 Å². The van der Waals surface area contributed by atoms with Crippen molar-refractivity contribution in [3.8, 4) is 0 Å². The van der Waals surface area contributed by atoms with Crippen molar-refractivity contribution in [3.63, 3.8) is 0 Å². The van der Waals surface area contributed by atoms with E-state index in [0.717, 1.165) is 29.1 Å². The molecule has 0 aliphatic carbocycles. The summed E-state index contributed by atoms with van der Waals surface area (Å²) >= 11 is 6.34. The number of para-hydroxylation sites is 1. The van der Waals surface area contributed by atoms with Crippen molar-refractivity contribution in [2.75, 3.05) is 0 Å². The van der Waals surface area contributed by atoms with Crippen molar-refractivity contribution >= 4 is 22.6 Å². The molecule has 2 heterocycles. The number of hydrogen-bond donors (Lipinski definition) is 0. The van der Waals surface area contributed by atoms with Crippen LogP contribution in [0.4, 0.5) is 0 Å². The van der Waals surface area contributed by atoms with Gasteiger partial charge in [0.25, 0.3) is 0 Å². The monoisotopic (exact) mass is 302 g/mol. The number of aromatic nitrogens is 4. The maximum absolute atomic E-state index is 6.34. The number of nitrogens with zero attached hydrogens (tertiary/aromatic N) is 4. The molecule has 1 aromatic carbocycles. The van der Waals surface area contributed by atoms with E-state index in [9.17, 15) is 0 Å². The lowest BCUT2D eigenvalue weighted by Gasteiger charge is -2.10. The first-order chi connectivity index (χ1) is 9.99. The minimum atomic E-state index is -0.131. The van der Waals surface area contributed by atoms with Crippen molar-refractivity contribution in [3.05, 3.63) is 47.0 Å². The average Bonchev–Trinajstić information content (AvgIpc) is 2.96. The molecule has 0 aliphatic heterocycles. The number of rotatable bonds is 3. The van der Waals surface area contributed by atoms with Crippen LogP contribution in [0.5, 0.6) is 0 Å². The van der Waals surface area contributed by atoms with E-state index < -0.39 is 0 Å². The van der Waals surface area contributed by atoms with Gasteiger partial charge in [0.05, 0.1) is 29.2 Å². The van der Waals surface area contributed by atoms with Crippen molar-refractivity contribution in [1.29, 1.82) is 0 Å². The summed E-state index contributed by atoms with van der Waals surface area (Å²) in [6.07, 6.45) is 1.92. The van der Waals surface area contributed by atoms with Crippen molar-refractivity contribution in [2.45, 2.75) is 32.7 Å². The largest absolute Gasteiger partial charge is 0.322 e. The van der Waals surface area contributed by atoms with E-state index in [4.69, 9.17) is 16.6 Å². The Morgan fingerprint density at radius 1 is 1.29 bits per heavy atom. The highest BCUT2D eigenvalue weighted by atomic mass is 35.5. The van der Waals surface area contributed by atoms with Crippen LogP contribution in [-0.4, -0.2) is 19.3 Å².